The zero-order chi connectivity index (χ0) is 18.5. The molecule has 2 saturated heterocycles. The Morgan fingerprint density at radius 2 is 2.00 bits per heavy atom. The highest BCUT2D eigenvalue weighted by molar-refractivity contribution is 6.33. The number of likely N-dealkylation sites (tertiary alicyclic amines) is 1. The lowest BCUT2D eigenvalue weighted by atomic mass is 10.0. The number of benzene rings is 1. The minimum absolute atomic E-state index is 0.0450. The highest BCUT2D eigenvalue weighted by Gasteiger charge is 2.38. The van der Waals surface area contributed by atoms with E-state index in [9.17, 15) is 9.59 Å². The molecule has 0 radical (unpaired) electrons. The summed E-state index contributed by atoms with van der Waals surface area (Å²) in [5, 5.41) is 0.532. The van der Waals surface area contributed by atoms with E-state index in [0.29, 0.717) is 43.5 Å². The smallest absolute Gasteiger partial charge is 0.228 e. The van der Waals surface area contributed by atoms with Crippen molar-refractivity contribution < 1.29 is 14.3 Å². The minimum atomic E-state index is -0.298. The number of nitrogens with two attached hydrogens (primary N) is 1. The van der Waals surface area contributed by atoms with E-state index in [0.717, 1.165) is 19.3 Å². The first kappa shape index (κ1) is 19.1. The molecule has 0 aliphatic carbocycles. The monoisotopic (exact) mass is 379 g/mol. The van der Waals surface area contributed by atoms with Crippen LogP contribution in [0.3, 0.4) is 0 Å². The second kappa shape index (κ2) is 8.84. The van der Waals surface area contributed by atoms with Gasteiger partial charge in [-0.3, -0.25) is 9.59 Å². The van der Waals surface area contributed by atoms with E-state index < -0.39 is 0 Å². The van der Waals surface area contributed by atoms with Gasteiger partial charge in [-0.25, -0.2) is 0 Å². The fourth-order valence-corrected chi connectivity index (χ4v) is 3.85. The van der Waals surface area contributed by atoms with Crippen molar-refractivity contribution >= 4 is 29.1 Å². The van der Waals surface area contributed by atoms with Crippen molar-refractivity contribution in [2.75, 3.05) is 37.7 Å². The van der Waals surface area contributed by atoms with Gasteiger partial charge in [0.1, 0.15) is 0 Å². The van der Waals surface area contributed by atoms with E-state index in [1.54, 1.807) is 11.0 Å². The molecule has 1 aromatic carbocycles. The predicted octanol–water partition coefficient (Wildman–Crippen LogP) is 2.05. The first-order chi connectivity index (χ1) is 12.6. The number of ether oxygens (including phenoxy) is 1. The molecule has 2 aliphatic rings. The standard InChI is InChI=1S/C19H26ClN3O3/c20-16-4-1-2-5-17(16)23-13-14(12-18(23)24)19(25)22-9-6-15(7-10-22)26-11-3-8-21/h1-2,4-5,14-15H,3,6-13,21H2. The Morgan fingerprint density at radius 3 is 2.69 bits per heavy atom. The number of rotatable bonds is 6. The van der Waals surface area contributed by atoms with Crippen LogP contribution in [0.5, 0.6) is 0 Å². The summed E-state index contributed by atoms with van der Waals surface area (Å²) in [7, 11) is 0. The molecule has 142 valence electrons. The van der Waals surface area contributed by atoms with Crippen LogP contribution in [-0.2, 0) is 14.3 Å². The number of anilines is 1. The van der Waals surface area contributed by atoms with E-state index >= 15 is 0 Å². The molecule has 0 aromatic heterocycles. The fourth-order valence-electron chi connectivity index (χ4n) is 3.61. The van der Waals surface area contributed by atoms with Crippen LogP contribution in [0.15, 0.2) is 24.3 Å². The van der Waals surface area contributed by atoms with E-state index in [2.05, 4.69) is 0 Å². The van der Waals surface area contributed by atoms with Gasteiger partial charge in [-0.15, -0.1) is 0 Å². The largest absolute Gasteiger partial charge is 0.378 e. The summed E-state index contributed by atoms with van der Waals surface area (Å²) in [5.74, 6) is -0.279. The molecule has 0 bridgehead atoms. The zero-order valence-corrected chi connectivity index (χ0v) is 15.7. The summed E-state index contributed by atoms with van der Waals surface area (Å²) in [6.45, 7) is 3.08. The third-order valence-electron chi connectivity index (χ3n) is 5.07. The van der Waals surface area contributed by atoms with Gasteiger partial charge in [0.2, 0.25) is 11.8 Å². The molecule has 1 atom stereocenters. The lowest BCUT2D eigenvalue weighted by Gasteiger charge is -2.33. The lowest BCUT2D eigenvalue weighted by Crippen LogP contribution is -2.44. The molecule has 2 fully saturated rings. The molecule has 2 aliphatic heterocycles. The minimum Gasteiger partial charge on any atom is -0.378 e. The van der Waals surface area contributed by atoms with Crippen LogP contribution in [-0.4, -0.2) is 55.6 Å². The number of halogens is 1. The van der Waals surface area contributed by atoms with Gasteiger partial charge in [0.05, 0.1) is 22.7 Å². The lowest BCUT2D eigenvalue weighted by molar-refractivity contribution is -0.138. The second-order valence-electron chi connectivity index (χ2n) is 6.89. The topological polar surface area (TPSA) is 75.9 Å². The highest BCUT2D eigenvalue weighted by atomic mass is 35.5. The number of carbonyl (C=O) groups excluding carboxylic acids is 2. The number of hydrogen-bond donors (Lipinski definition) is 1. The third-order valence-corrected chi connectivity index (χ3v) is 5.39. The molecule has 2 amide bonds. The molecular formula is C19H26ClN3O3. The van der Waals surface area contributed by atoms with Gasteiger partial charge in [-0.2, -0.15) is 0 Å². The van der Waals surface area contributed by atoms with Crippen molar-refractivity contribution in [3.05, 3.63) is 29.3 Å². The van der Waals surface area contributed by atoms with Crippen LogP contribution in [0.2, 0.25) is 5.02 Å². The van der Waals surface area contributed by atoms with Crippen molar-refractivity contribution in [2.24, 2.45) is 11.7 Å². The van der Waals surface area contributed by atoms with Gasteiger partial charge in [-0.05, 0) is 37.9 Å². The molecule has 1 aromatic rings. The fraction of sp³-hybridized carbons (Fsp3) is 0.579. The van der Waals surface area contributed by atoms with E-state index in [1.165, 1.54) is 0 Å². The molecule has 3 rings (SSSR count). The summed E-state index contributed by atoms with van der Waals surface area (Å²) in [6.07, 6.45) is 2.99. The Morgan fingerprint density at radius 1 is 1.27 bits per heavy atom. The average Bonchev–Trinajstić information content (AvgIpc) is 3.04. The molecule has 0 spiro atoms. The highest BCUT2D eigenvalue weighted by Crippen LogP contribution is 2.32. The maximum absolute atomic E-state index is 12.8. The molecule has 2 N–H and O–H groups in total. The molecule has 1 unspecified atom stereocenters. The Labute approximate surface area is 159 Å². The van der Waals surface area contributed by atoms with Crippen molar-refractivity contribution in [3.63, 3.8) is 0 Å². The number of piperidine rings is 1. The van der Waals surface area contributed by atoms with Crippen LogP contribution >= 0.6 is 11.6 Å². The molecular weight excluding hydrogens is 354 g/mol. The third kappa shape index (κ3) is 4.37. The van der Waals surface area contributed by atoms with Crippen LogP contribution in [0.25, 0.3) is 0 Å². The Kier molecular flexibility index (Phi) is 6.51. The molecule has 0 saturated carbocycles. The van der Waals surface area contributed by atoms with Gasteiger partial charge in [0.25, 0.3) is 0 Å². The van der Waals surface area contributed by atoms with Gasteiger partial charge in [0, 0.05) is 32.7 Å². The molecule has 7 heteroatoms. The summed E-state index contributed by atoms with van der Waals surface area (Å²) in [5.41, 5.74) is 6.16. The molecule has 6 nitrogen and oxygen atoms in total. The predicted molar refractivity (Wildman–Crippen MR) is 101 cm³/mol. The quantitative estimate of drug-likeness (QED) is 0.767. The Hall–Kier alpha value is -1.63. The number of amides is 2. The maximum Gasteiger partial charge on any atom is 0.228 e. The van der Waals surface area contributed by atoms with Crippen LogP contribution in [0.1, 0.15) is 25.7 Å². The zero-order valence-electron chi connectivity index (χ0n) is 14.9. The van der Waals surface area contributed by atoms with Gasteiger partial charge in [-0.1, -0.05) is 23.7 Å². The van der Waals surface area contributed by atoms with Crippen LogP contribution in [0, 0.1) is 5.92 Å². The molecule has 26 heavy (non-hydrogen) atoms. The van der Waals surface area contributed by atoms with Crippen molar-refractivity contribution in [1.82, 2.24) is 4.90 Å². The average molecular weight is 380 g/mol. The summed E-state index contributed by atoms with van der Waals surface area (Å²) in [4.78, 5) is 28.7. The van der Waals surface area contributed by atoms with E-state index in [4.69, 9.17) is 22.1 Å². The van der Waals surface area contributed by atoms with Crippen LogP contribution < -0.4 is 10.6 Å². The summed E-state index contributed by atoms with van der Waals surface area (Å²) < 4.78 is 5.79. The van der Waals surface area contributed by atoms with Crippen molar-refractivity contribution in [3.8, 4) is 0 Å². The Bertz CT molecular complexity index is 647. The van der Waals surface area contributed by atoms with Crippen LogP contribution in [0.4, 0.5) is 5.69 Å². The van der Waals surface area contributed by atoms with E-state index in [-0.39, 0.29) is 30.3 Å². The van der Waals surface area contributed by atoms with Gasteiger partial charge < -0.3 is 20.3 Å². The number of nitrogens with zero attached hydrogens (tertiary/aromatic N) is 2. The first-order valence-electron chi connectivity index (χ1n) is 9.25. The summed E-state index contributed by atoms with van der Waals surface area (Å²) in [6, 6.07) is 7.25. The summed E-state index contributed by atoms with van der Waals surface area (Å²) >= 11 is 6.20. The molecule has 2 heterocycles. The van der Waals surface area contributed by atoms with Gasteiger partial charge in [0.15, 0.2) is 0 Å². The number of hydrogen-bond acceptors (Lipinski definition) is 4. The Balaban J connectivity index is 1.53. The van der Waals surface area contributed by atoms with E-state index in [1.807, 2.05) is 23.1 Å². The van der Waals surface area contributed by atoms with Crippen molar-refractivity contribution in [2.45, 2.75) is 31.8 Å². The first-order valence-corrected chi connectivity index (χ1v) is 9.63. The maximum atomic E-state index is 12.8. The second-order valence-corrected chi connectivity index (χ2v) is 7.30. The SMILES string of the molecule is NCCCOC1CCN(C(=O)C2CC(=O)N(c3ccccc3Cl)C2)CC1. The van der Waals surface area contributed by atoms with Gasteiger partial charge >= 0.3 is 0 Å². The van der Waals surface area contributed by atoms with Crippen molar-refractivity contribution in [1.29, 1.82) is 0 Å². The number of carbonyl (C=O) groups is 2. The normalized spacial score (nSPS) is 21.5. The number of para-hydroxylation sites is 1.